The number of nitrogens with zero attached hydrogens (tertiary/aromatic N) is 2. The van der Waals surface area contributed by atoms with Crippen LogP contribution >= 0.6 is 11.6 Å². The van der Waals surface area contributed by atoms with E-state index in [0.717, 1.165) is 49.4 Å². The number of carbonyl (C=O) groups excluding carboxylic acids is 1. The number of amides is 2. The molecule has 2 aliphatic rings. The highest BCUT2D eigenvalue weighted by molar-refractivity contribution is 6.30. The van der Waals surface area contributed by atoms with Gasteiger partial charge in [-0.2, -0.15) is 0 Å². The van der Waals surface area contributed by atoms with Crippen LogP contribution in [0.15, 0.2) is 48.5 Å². The first-order valence-electron chi connectivity index (χ1n) is 10.8. The highest BCUT2D eigenvalue weighted by atomic mass is 35.5. The van der Waals surface area contributed by atoms with Gasteiger partial charge in [0.25, 0.3) is 0 Å². The summed E-state index contributed by atoms with van der Waals surface area (Å²) in [5.41, 5.74) is 8.29. The molecule has 2 aromatic carbocycles. The van der Waals surface area contributed by atoms with Crippen LogP contribution in [0, 0.1) is 0 Å². The van der Waals surface area contributed by atoms with E-state index >= 15 is 0 Å². The molecular formula is C24H28ClN3O3. The van der Waals surface area contributed by atoms with Gasteiger partial charge in [-0.05, 0) is 74.1 Å². The van der Waals surface area contributed by atoms with Crippen LogP contribution in [0.4, 0.5) is 10.5 Å². The summed E-state index contributed by atoms with van der Waals surface area (Å²) in [6.07, 6.45) is 4.54. The number of nitrogens with two attached hydrogens (primary N) is 1. The van der Waals surface area contributed by atoms with E-state index in [0.29, 0.717) is 13.1 Å². The number of aromatic carboxylic acids is 1. The van der Waals surface area contributed by atoms with E-state index in [1.807, 2.05) is 23.1 Å². The zero-order valence-electron chi connectivity index (χ0n) is 17.5. The van der Waals surface area contributed by atoms with Crippen molar-refractivity contribution in [2.45, 2.75) is 43.6 Å². The van der Waals surface area contributed by atoms with Crippen molar-refractivity contribution in [1.82, 2.24) is 4.90 Å². The molecule has 7 heteroatoms. The van der Waals surface area contributed by atoms with Gasteiger partial charge >= 0.3 is 12.0 Å². The van der Waals surface area contributed by atoms with Gasteiger partial charge in [0.2, 0.25) is 0 Å². The molecule has 0 unspecified atom stereocenters. The molecule has 164 valence electrons. The SMILES string of the molecule is NC[C@]1(c2cccc(Cl)c2)CC[C@H](N2CCCN(c3ccc(C(=O)O)cc3)C2=O)CC1. The molecule has 0 spiro atoms. The fourth-order valence-electron chi connectivity index (χ4n) is 5.00. The van der Waals surface area contributed by atoms with E-state index < -0.39 is 5.97 Å². The first-order chi connectivity index (χ1) is 14.9. The highest BCUT2D eigenvalue weighted by Crippen LogP contribution is 2.41. The van der Waals surface area contributed by atoms with E-state index in [9.17, 15) is 9.59 Å². The molecule has 0 radical (unpaired) electrons. The number of hydrogen-bond acceptors (Lipinski definition) is 3. The summed E-state index contributed by atoms with van der Waals surface area (Å²) in [6.45, 7) is 1.96. The monoisotopic (exact) mass is 441 g/mol. The number of rotatable bonds is 5. The van der Waals surface area contributed by atoms with Gasteiger partial charge < -0.3 is 15.7 Å². The fourth-order valence-corrected chi connectivity index (χ4v) is 5.19. The third-order valence-electron chi connectivity index (χ3n) is 6.86. The first kappa shape index (κ1) is 21.7. The molecule has 1 aliphatic carbocycles. The van der Waals surface area contributed by atoms with Crippen molar-refractivity contribution >= 4 is 29.3 Å². The maximum atomic E-state index is 13.3. The van der Waals surface area contributed by atoms with Gasteiger partial charge in [0.1, 0.15) is 0 Å². The minimum Gasteiger partial charge on any atom is -0.478 e. The predicted molar refractivity (Wildman–Crippen MR) is 122 cm³/mol. The Bertz CT molecular complexity index is 955. The summed E-state index contributed by atoms with van der Waals surface area (Å²) in [5, 5.41) is 9.83. The normalized spacial score (nSPS) is 24.3. The second-order valence-corrected chi connectivity index (χ2v) is 9.00. The van der Waals surface area contributed by atoms with Crippen molar-refractivity contribution in [3.8, 4) is 0 Å². The number of urea groups is 1. The van der Waals surface area contributed by atoms with Crippen LogP contribution in [0.25, 0.3) is 0 Å². The molecule has 4 rings (SSSR count). The summed E-state index contributed by atoms with van der Waals surface area (Å²) in [6, 6.07) is 14.7. The zero-order chi connectivity index (χ0) is 22.0. The van der Waals surface area contributed by atoms with Crippen molar-refractivity contribution < 1.29 is 14.7 Å². The van der Waals surface area contributed by atoms with Gasteiger partial charge in [0, 0.05) is 41.8 Å². The molecule has 2 fully saturated rings. The second kappa shape index (κ2) is 8.89. The quantitative estimate of drug-likeness (QED) is 0.714. The minimum absolute atomic E-state index is 0.00216. The van der Waals surface area contributed by atoms with Crippen LogP contribution in [-0.4, -0.2) is 47.7 Å². The van der Waals surface area contributed by atoms with E-state index in [4.69, 9.17) is 22.4 Å². The fraction of sp³-hybridized carbons (Fsp3) is 0.417. The number of carboxylic acid groups (broad SMARTS) is 1. The molecule has 1 heterocycles. The summed E-state index contributed by atoms with van der Waals surface area (Å²) in [4.78, 5) is 28.1. The Hall–Kier alpha value is -2.57. The lowest BCUT2D eigenvalue weighted by Gasteiger charge is -2.46. The number of carboxylic acids is 1. The van der Waals surface area contributed by atoms with Crippen LogP contribution < -0.4 is 10.6 Å². The number of anilines is 1. The van der Waals surface area contributed by atoms with Gasteiger partial charge in [0.05, 0.1) is 5.56 Å². The highest BCUT2D eigenvalue weighted by Gasteiger charge is 2.40. The molecule has 1 saturated heterocycles. The van der Waals surface area contributed by atoms with E-state index in [1.54, 1.807) is 29.2 Å². The topological polar surface area (TPSA) is 86.9 Å². The Labute approximate surface area is 187 Å². The number of benzene rings is 2. The predicted octanol–water partition coefficient (Wildman–Crippen LogP) is 4.51. The van der Waals surface area contributed by atoms with Crippen LogP contribution in [-0.2, 0) is 5.41 Å². The molecule has 2 amide bonds. The Kier molecular flexibility index (Phi) is 6.21. The Morgan fingerprint density at radius 2 is 1.84 bits per heavy atom. The first-order valence-corrected chi connectivity index (χ1v) is 11.2. The van der Waals surface area contributed by atoms with E-state index in [1.165, 1.54) is 5.56 Å². The van der Waals surface area contributed by atoms with Gasteiger partial charge in [-0.3, -0.25) is 4.90 Å². The number of hydrogen-bond donors (Lipinski definition) is 2. The largest absolute Gasteiger partial charge is 0.478 e. The molecule has 0 atom stereocenters. The lowest BCUT2D eigenvalue weighted by Crippen LogP contribution is -2.55. The van der Waals surface area contributed by atoms with Crippen molar-refractivity contribution in [1.29, 1.82) is 0 Å². The van der Waals surface area contributed by atoms with Crippen LogP contribution in [0.3, 0.4) is 0 Å². The third kappa shape index (κ3) is 4.27. The molecular weight excluding hydrogens is 414 g/mol. The zero-order valence-corrected chi connectivity index (χ0v) is 18.2. The summed E-state index contributed by atoms with van der Waals surface area (Å²) < 4.78 is 0. The van der Waals surface area contributed by atoms with Crippen LogP contribution in [0.5, 0.6) is 0 Å². The lowest BCUT2D eigenvalue weighted by molar-refractivity contribution is 0.0697. The average Bonchev–Trinajstić information content (AvgIpc) is 2.79. The molecule has 6 nitrogen and oxygen atoms in total. The second-order valence-electron chi connectivity index (χ2n) is 8.56. The Balaban J connectivity index is 1.46. The lowest BCUT2D eigenvalue weighted by atomic mass is 9.68. The van der Waals surface area contributed by atoms with Crippen molar-refractivity contribution in [3.05, 3.63) is 64.7 Å². The van der Waals surface area contributed by atoms with Gasteiger partial charge in [-0.1, -0.05) is 23.7 Å². The minimum atomic E-state index is -0.969. The van der Waals surface area contributed by atoms with E-state index in [2.05, 4.69) is 6.07 Å². The molecule has 31 heavy (non-hydrogen) atoms. The smallest absolute Gasteiger partial charge is 0.335 e. The number of halogens is 1. The van der Waals surface area contributed by atoms with Gasteiger partial charge in [0.15, 0.2) is 0 Å². The number of carbonyl (C=O) groups is 2. The Morgan fingerprint density at radius 1 is 1.13 bits per heavy atom. The molecule has 0 aromatic heterocycles. The summed E-state index contributed by atoms with van der Waals surface area (Å²) >= 11 is 6.22. The Morgan fingerprint density at radius 3 is 2.45 bits per heavy atom. The molecule has 2 aromatic rings. The van der Waals surface area contributed by atoms with Gasteiger partial charge in [-0.15, -0.1) is 0 Å². The molecule has 0 bridgehead atoms. The maximum Gasteiger partial charge on any atom is 0.335 e. The van der Waals surface area contributed by atoms with Crippen molar-refractivity contribution in [2.75, 3.05) is 24.5 Å². The third-order valence-corrected chi connectivity index (χ3v) is 7.10. The summed E-state index contributed by atoms with van der Waals surface area (Å²) in [7, 11) is 0. The average molecular weight is 442 g/mol. The van der Waals surface area contributed by atoms with E-state index in [-0.39, 0.29) is 23.1 Å². The molecule has 1 aliphatic heterocycles. The summed E-state index contributed by atoms with van der Waals surface area (Å²) in [5.74, 6) is -0.969. The molecule has 1 saturated carbocycles. The van der Waals surface area contributed by atoms with Crippen LogP contribution in [0.1, 0.15) is 48.0 Å². The molecule has 3 N–H and O–H groups in total. The van der Waals surface area contributed by atoms with Crippen molar-refractivity contribution in [3.63, 3.8) is 0 Å². The van der Waals surface area contributed by atoms with Gasteiger partial charge in [-0.25, -0.2) is 9.59 Å². The van der Waals surface area contributed by atoms with Crippen LogP contribution in [0.2, 0.25) is 5.02 Å². The van der Waals surface area contributed by atoms with Crippen molar-refractivity contribution in [2.24, 2.45) is 5.73 Å². The maximum absolute atomic E-state index is 13.3. The standard InChI is InChI=1S/C24H28ClN3O3/c25-19-4-1-3-18(15-19)24(16-26)11-9-21(10-12-24)28-14-2-13-27(23(28)31)20-7-5-17(6-8-20)22(29)30/h1,3-8,15,21H,2,9-14,16,26H2,(H,29,30)/t21-,24-.